The summed E-state index contributed by atoms with van der Waals surface area (Å²) in [4.78, 5) is 27.5. The Morgan fingerprint density at radius 1 is 1.44 bits per heavy atom. The maximum Gasteiger partial charge on any atom is 0.303 e. The predicted octanol–water partition coefficient (Wildman–Crippen LogP) is 0.827. The molecule has 0 radical (unpaired) electrons. The van der Waals surface area contributed by atoms with Crippen LogP contribution in [0.4, 0.5) is 5.82 Å². The third kappa shape index (κ3) is 5.14. The molecule has 16 heavy (non-hydrogen) atoms. The van der Waals surface area contributed by atoms with Gasteiger partial charge >= 0.3 is 5.97 Å². The summed E-state index contributed by atoms with van der Waals surface area (Å²) in [5.41, 5.74) is -0.191. The van der Waals surface area contributed by atoms with Gasteiger partial charge in [0.25, 0.3) is 5.56 Å². The number of aliphatic carboxylic acids is 1. The third-order valence-corrected chi connectivity index (χ3v) is 2.05. The Morgan fingerprint density at radius 3 is 2.94 bits per heavy atom. The highest BCUT2D eigenvalue weighted by atomic mass is 16.4. The highest BCUT2D eigenvalue weighted by molar-refractivity contribution is 5.66. The maximum absolute atomic E-state index is 10.9. The number of nitrogens with zero attached hydrogens (tertiary/aromatic N) is 1. The summed E-state index contributed by atoms with van der Waals surface area (Å²) in [7, 11) is 0. The van der Waals surface area contributed by atoms with Crippen LogP contribution < -0.4 is 10.9 Å². The van der Waals surface area contributed by atoms with Crippen molar-refractivity contribution in [3.05, 3.63) is 22.7 Å². The molecule has 6 heteroatoms. The van der Waals surface area contributed by atoms with Crippen molar-refractivity contribution in [2.24, 2.45) is 0 Å². The van der Waals surface area contributed by atoms with Gasteiger partial charge in [-0.15, -0.1) is 0 Å². The molecule has 88 valence electrons. The van der Waals surface area contributed by atoms with Crippen molar-refractivity contribution in [2.45, 2.75) is 25.7 Å². The van der Waals surface area contributed by atoms with E-state index in [9.17, 15) is 9.59 Å². The molecular formula is C10H15N3O3. The van der Waals surface area contributed by atoms with E-state index in [-0.39, 0.29) is 12.0 Å². The normalized spacial score (nSPS) is 10.0. The van der Waals surface area contributed by atoms with Gasteiger partial charge in [-0.05, 0) is 12.8 Å². The first-order chi connectivity index (χ1) is 7.68. The van der Waals surface area contributed by atoms with Gasteiger partial charge < -0.3 is 15.4 Å². The van der Waals surface area contributed by atoms with Crippen molar-refractivity contribution in [1.82, 2.24) is 9.97 Å². The number of aromatic amines is 1. The van der Waals surface area contributed by atoms with Crippen LogP contribution in [0, 0.1) is 0 Å². The molecule has 0 amide bonds. The molecule has 0 saturated carbocycles. The molecule has 0 fully saturated rings. The second kappa shape index (κ2) is 6.60. The Labute approximate surface area is 92.7 Å². The number of aromatic nitrogens is 2. The number of rotatable bonds is 7. The van der Waals surface area contributed by atoms with Gasteiger partial charge in [0.05, 0.1) is 6.33 Å². The molecule has 3 N–H and O–H groups in total. The second-order valence-electron chi connectivity index (χ2n) is 3.43. The number of hydrogen-bond donors (Lipinski definition) is 3. The minimum absolute atomic E-state index is 0.191. The molecule has 1 aromatic heterocycles. The summed E-state index contributed by atoms with van der Waals surface area (Å²) < 4.78 is 0. The summed E-state index contributed by atoms with van der Waals surface area (Å²) in [5.74, 6) is -0.216. The van der Waals surface area contributed by atoms with Crippen molar-refractivity contribution < 1.29 is 9.90 Å². The molecule has 0 aromatic carbocycles. The summed E-state index contributed by atoms with van der Waals surface area (Å²) in [6, 6.07) is 1.39. The van der Waals surface area contributed by atoms with Gasteiger partial charge in [-0.2, -0.15) is 0 Å². The first kappa shape index (κ1) is 12.2. The van der Waals surface area contributed by atoms with Crippen LogP contribution >= 0.6 is 0 Å². The lowest BCUT2D eigenvalue weighted by Gasteiger charge is -2.03. The Kier molecular flexibility index (Phi) is 5.04. The molecule has 1 heterocycles. The SMILES string of the molecule is O=C(O)CCCCCNc1cc(=O)[nH]cn1. The average molecular weight is 225 g/mol. The van der Waals surface area contributed by atoms with Crippen molar-refractivity contribution in [2.75, 3.05) is 11.9 Å². The van der Waals surface area contributed by atoms with Crippen LogP contribution in [0.2, 0.25) is 0 Å². The van der Waals surface area contributed by atoms with Crippen molar-refractivity contribution >= 4 is 11.8 Å². The maximum atomic E-state index is 10.9. The van der Waals surface area contributed by atoms with Crippen molar-refractivity contribution in [3.8, 4) is 0 Å². The lowest BCUT2D eigenvalue weighted by Crippen LogP contribution is -2.10. The Morgan fingerprint density at radius 2 is 2.25 bits per heavy atom. The number of carboxylic acid groups (broad SMARTS) is 1. The van der Waals surface area contributed by atoms with Crippen LogP contribution in [0.1, 0.15) is 25.7 Å². The molecule has 1 aromatic rings. The monoisotopic (exact) mass is 225 g/mol. The van der Waals surface area contributed by atoms with Gasteiger partial charge in [-0.25, -0.2) is 4.98 Å². The van der Waals surface area contributed by atoms with Crippen LogP contribution in [0.15, 0.2) is 17.2 Å². The van der Waals surface area contributed by atoms with Gasteiger partial charge in [0.1, 0.15) is 5.82 Å². The average Bonchev–Trinajstić information content (AvgIpc) is 2.23. The van der Waals surface area contributed by atoms with E-state index in [0.29, 0.717) is 18.8 Å². The number of unbranched alkanes of at least 4 members (excludes halogenated alkanes) is 2. The lowest BCUT2D eigenvalue weighted by molar-refractivity contribution is -0.137. The van der Waals surface area contributed by atoms with Crippen molar-refractivity contribution in [1.29, 1.82) is 0 Å². The van der Waals surface area contributed by atoms with Crippen LogP contribution in [-0.2, 0) is 4.79 Å². The highest BCUT2D eigenvalue weighted by Crippen LogP contribution is 2.01. The molecule has 0 aliphatic heterocycles. The van der Waals surface area contributed by atoms with Crippen LogP contribution in [-0.4, -0.2) is 27.6 Å². The number of anilines is 1. The molecular weight excluding hydrogens is 210 g/mol. The fraction of sp³-hybridized carbons (Fsp3) is 0.500. The van der Waals surface area contributed by atoms with E-state index in [0.717, 1.165) is 12.8 Å². The van der Waals surface area contributed by atoms with E-state index in [1.54, 1.807) is 0 Å². The minimum Gasteiger partial charge on any atom is -0.481 e. The Bertz CT molecular complexity index is 389. The lowest BCUT2D eigenvalue weighted by atomic mass is 10.2. The number of hydrogen-bond acceptors (Lipinski definition) is 4. The molecule has 0 spiro atoms. The summed E-state index contributed by atoms with van der Waals surface area (Å²) >= 11 is 0. The van der Waals surface area contributed by atoms with Gasteiger partial charge in [0.15, 0.2) is 0 Å². The molecule has 0 saturated heterocycles. The molecule has 0 unspecified atom stereocenters. The van der Waals surface area contributed by atoms with Crippen LogP contribution in [0.25, 0.3) is 0 Å². The van der Waals surface area contributed by atoms with Gasteiger partial charge in [0, 0.05) is 19.0 Å². The van der Waals surface area contributed by atoms with Crippen LogP contribution in [0.3, 0.4) is 0 Å². The summed E-state index contributed by atoms with van der Waals surface area (Å²) in [5, 5.41) is 11.4. The molecule has 6 nitrogen and oxygen atoms in total. The molecule has 0 atom stereocenters. The standard InChI is InChI=1S/C10H15N3O3/c14-9-6-8(12-7-13-9)11-5-3-1-2-4-10(15)16/h6-7H,1-5H2,(H,15,16)(H2,11,12,13,14). The molecule has 0 aliphatic carbocycles. The number of carboxylic acids is 1. The fourth-order valence-corrected chi connectivity index (χ4v) is 1.26. The van der Waals surface area contributed by atoms with Gasteiger partial charge in [-0.3, -0.25) is 9.59 Å². The predicted molar refractivity (Wildman–Crippen MR) is 59.5 cm³/mol. The first-order valence-electron chi connectivity index (χ1n) is 5.19. The Hall–Kier alpha value is -1.85. The van der Waals surface area contributed by atoms with Crippen molar-refractivity contribution in [3.63, 3.8) is 0 Å². The number of carbonyl (C=O) groups is 1. The van der Waals surface area contributed by atoms with Gasteiger partial charge in [-0.1, -0.05) is 6.42 Å². The van der Waals surface area contributed by atoms with E-state index >= 15 is 0 Å². The first-order valence-corrected chi connectivity index (χ1v) is 5.19. The zero-order valence-electron chi connectivity index (χ0n) is 8.90. The number of H-pyrrole nitrogens is 1. The summed E-state index contributed by atoms with van der Waals surface area (Å²) in [6.07, 6.45) is 3.95. The topological polar surface area (TPSA) is 95.1 Å². The zero-order chi connectivity index (χ0) is 11.8. The zero-order valence-corrected chi connectivity index (χ0v) is 8.90. The van der Waals surface area contributed by atoms with Gasteiger partial charge in [0.2, 0.25) is 0 Å². The molecule has 0 bridgehead atoms. The second-order valence-corrected chi connectivity index (χ2v) is 3.43. The van der Waals surface area contributed by atoms with Crippen LogP contribution in [0.5, 0.6) is 0 Å². The Balaban J connectivity index is 2.12. The molecule has 0 aliphatic rings. The third-order valence-electron chi connectivity index (χ3n) is 2.05. The number of nitrogens with one attached hydrogen (secondary N) is 2. The van der Waals surface area contributed by atoms with E-state index in [1.165, 1.54) is 12.4 Å². The molecule has 1 rings (SSSR count). The summed E-state index contributed by atoms with van der Waals surface area (Å²) in [6.45, 7) is 0.691. The minimum atomic E-state index is -0.760. The van der Waals surface area contributed by atoms with E-state index in [1.807, 2.05) is 0 Å². The smallest absolute Gasteiger partial charge is 0.303 e. The quantitative estimate of drug-likeness (QED) is 0.597. The van der Waals surface area contributed by atoms with E-state index < -0.39 is 5.97 Å². The largest absolute Gasteiger partial charge is 0.481 e. The highest BCUT2D eigenvalue weighted by Gasteiger charge is 1.97. The van der Waals surface area contributed by atoms with E-state index in [4.69, 9.17) is 5.11 Å². The fourth-order valence-electron chi connectivity index (χ4n) is 1.26. The van der Waals surface area contributed by atoms with E-state index in [2.05, 4.69) is 15.3 Å².